The molecule has 1 unspecified atom stereocenters. The second-order valence-corrected chi connectivity index (χ2v) is 8.00. The summed E-state index contributed by atoms with van der Waals surface area (Å²) in [6.07, 6.45) is 4.79. The standard InChI is InChI=1S/C19H23BrClN5/c1-4-19(2,11-22-3)12-24-17-18-23-9-16(20)26(18)10-15(25-17)13-7-5-6-8-14(13)21/h5-10,22H,4,11-12H2,1-3H3,(H,24,25). The van der Waals surface area contributed by atoms with Gasteiger partial charge in [0.05, 0.1) is 16.9 Å². The molecule has 26 heavy (non-hydrogen) atoms. The fourth-order valence-corrected chi connectivity index (χ4v) is 3.52. The maximum Gasteiger partial charge on any atom is 0.181 e. The number of imidazole rings is 1. The lowest BCUT2D eigenvalue weighted by Gasteiger charge is -2.28. The van der Waals surface area contributed by atoms with E-state index in [1.807, 2.05) is 41.9 Å². The molecule has 1 atom stereocenters. The molecule has 5 nitrogen and oxygen atoms in total. The minimum Gasteiger partial charge on any atom is -0.366 e. The normalized spacial score (nSPS) is 13.7. The molecule has 7 heteroatoms. The average molecular weight is 437 g/mol. The van der Waals surface area contributed by atoms with E-state index in [1.165, 1.54) is 0 Å². The van der Waals surface area contributed by atoms with Crippen LogP contribution < -0.4 is 10.6 Å². The molecule has 0 aliphatic carbocycles. The summed E-state index contributed by atoms with van der Waals surface area (Å²) in [5, 5.41) is 7.46. The van der Waals surface area contributed by atoms with Gasteiger partial charge < -0.3 is 10.6 Å². The Hall–Kier alpha value is -1.63. The Bertz CT molecular complexity index is 910. The van der Waals surface area contributed by atoms with E-state index in [0.717, 1.165) is 46.8 Å². The summed E-state index contributed by atoms with van der Waals surface area (Å²) in [6, 6.07) is 7.73. The smallest absolute Gasteiger partial charge is 0.181 e. The van der Waals surface area contributed by atoms with Gasteiger partial charge in [-0.15, -0.1) is 0 Å². The Morgan fingerprint density at radius 1 is 1.27 bits per heavy atom. The number of rotatable bonds is 7. The fourth-order valence-electron chi connectivity index (χ4n) is 2.91. The summed E-state index contributed by atoms with van der Waals surface area (Å²) < 4.78 is 2.86. The number of hydrogen-bond acceptors (Lipinski definition) is 4. The van der Waals surface area contributed by atoms with Gasteiger partial charge in [-0.1, -0.05) is 43.6 Å². The molecule has 0 amide bonds. The van der Waals surface area contributed by atoms with Gasteiger partial charge in [-0.2, -0.15) is 0 Å². The average Bonchev–Trinajstić information content (AvgIpc) is 3.01. The second kappa shape index (κ2) is 7.94. The van der Waals surface area contributed by atoms with Gasteiger partial charge in [0.25, 0.3) is 0 Å². The number of nitrogens with one attached hydrogen (secondary N) is 2. The highest BCUT2D eigenvalue weighted by molar-refractivity contribution is 9.10. The zero-order valence-electron chi connectivity index (χ0n) is 15.2. The summed E-state index contributed by atoms with van der Waals surface area (Å²) in [6.45, 7) is 6.18. The number of aromatic nitrogens is 3. The van der Waals surface area contributed by atoms with E-state index in [4.69, 9.17) is 16.6 Å². The van der Waals surface area contributed by atoms with Crippen LogP contribution in [0.4, 0.5) is 5.82 Å². The molecular weight excluding hydrogens is 414 g/mol. The first-order valence-electron chi connectivity index (χ1n) is 8.64. The molecule has 0 spiro atoms. The Kier molecular flexibility index (Phi) is 5.85. The van der Waals surface area contributed by atoms with E-state index >= 15 is 0 Å². The number of nitrogens with zero attached hydrogens (tertiary/aromatic N) is 3. The molecule has 0 radical (unpaired) electrons. The Morgan fingerprint density at radius 2 is 2.04 bits per heavy atom. The predicted molar refractivity (Wildman–Crippen MR) is 112 cm³/mol. The maximum absolute atomic E-state index is 6.38. The number of fused-ring (bicyclic) bond motifs is 1. The van der Waals surface area contributed by atoms with Gasteiger partial charge >= 0.3 is 0 Å². The van der Waals surface area contributed by atoms with Crippen molar-refractivity contribution < 1.29 is 0 Å². The van der Waals surface area contributed by atoms with Crippen LogP contribution in [0.25, 0.3) is 16.9 Å². The van der Waals surface area contributed by atoms with Crippen molar-refractivity contribution >= 4 is 39.0 Å². The molecule has 0 saturated heterocycles. The Morgan fingerprint density at radius 3 is 2.73 bits per heavy atom. The van der Waals surface area contributed by atoms with Crippen LogP contribution in [0.2, 0.25) is 5.02 Å². The highest BCUT2D eigenvalue weighted by Gasteiger charge is 2.22. The van der Waals surface area contributed by atoms with Gasteiger partial charge in [-0.3, -0.25) is 4.40 Å². The van der Waals surface area contributed by atoms with Gasteiger partial charge in [0.1, 0.15) is 4.60 Å². The van der Waals surface area contributed by atoms with Gasteiger partial charge in [0, 0.05) is 24.8 Å². The van der Waals surface area contributed by atoms with Crippen molar-refractivity contribution in [1.82, 2.24) is 19.7 Å². The van der Waals surface area contributed by atoms with Gasteiger partial charge in [-0.05, 0) is 40.9 Å². The quantitative estimate of drug-likeness (QED) is 0.555. The largest absolute Gasteiger partial charge is 0.366 e. The van der Waals surface area contributed by atoms with Crippen molar-refractivity contribution in [3.63, 3.8) is 0 Å². The lowest BCUT2D eigenvalue weighted by atomic mass is 9.87. The van der Waals surface area contributed by atoms with Gasteiger partial charge in [-0.25, -0.2) is 9.97 Å². The van der Waals surface area contributed by atoms with Crippen LogP contribution in [-0.4, -0.2) is 34.5 Å². The van der Waals surface area contributed by atoms with Crippen LogP contribution in [0, 0.1) is 5.41 Å². The lowest BCUT2D eigenvalue weighted by Crippen LogP contribution is -2.35. The zero-order valence-corrected chi connectivity index (χ0v) is 17.5. The van der Waals surface area contributed by atoms with E-state index in [2.05, 4.69) is 45.4 Å². The van der Waals surface area contributed by atoms with Crippen LogP contribution in [0.15, 0.2) is 41.3 Å². The van der Waals surface area contributed by atoms with E-state index in [-0.39, 0.29) is 5.41 Å². The minimum atomic E-state index is 0.123. The van der Waals surface area contributed by atoms with Crippen molar-refractivity contribution in [3.8, 4) is 11.3 Å². The van der Waals surface area contributed by atoms with Gasteiger partial charge in [0.15, 0.2) is 11.5 Å². The first-order chi connectivity index (χ1) is 12.5. The first-order valence-corrected chi connectivity index (χ1v) is 9.81. The molecule has 0 aliphatic heterocycles. The van der Waals surface area contributed by atoms with E-state index in [0.29, 0.717) is 5.02 Å². The molecular formula is C19H23BrClN5. The number of hydrogen-bond donors (Lipinski definition) is 2. The molecule has 3 aromatic rings. The molecule has 2 N–H and O–H groups in total. The molecule has 1 aromatic carbocycles. The van der Waals surface area contributed by atoms with Crippen molar-refractivity contribution in [2.75, 3.05) is 25.5 Å². The third-order valence-corrected chi connectivity index (χ3v) is 5.65. The van der Waals surface area contributed by atoms with Crippen LogP contribution in [0.5, 0.6) is 0 Å². The second-order valence-electron chi connectivity index (χ2n) is 6.78. The molecule has 0 bridgehead atoms. The van der Waals surface area contributed by atoms with Crippen molar-refractivity contribution in [3.05, 3.63) is 46.3 Å². The third-order valence-electron chi connectivity index (χ3n) is 4.74. The molecule has 0 fully saturated rings. The molecule has 138 valence electrons. The third kappa shape index (κ3) is 3.87. The van der Waals surface area contributed by atoms with Crippen molar-refractivity contribution in [1.29, 1.82) is 0 Å². The molecule has 3 rings (SSSR count). The Labute approximate surface area is 167 Å². The molecule has 0 aliphatic rings. The lowest BCUT2D eigenvalue weighted by molar-refractivity contribution is 0.322. The molecule has 2 heterocycles. The summed E-state index contributed by atoms with van der Waals surface area (Å²) in [5.74, 6) is 0.754. The zero-order chi connectivity index (χ0) is 18.7. The predicted octanol–water partition coefficient (Wildman–Crippen LogP) is 4.86. The Balaban J connectivity index is 2.03. The fraction of sp³-hybridized carbons (Fsp3) is 0.368. The van der Waals surface area contributed by atoms with Crippen LogP contribution in [-0.2, 0) is 0 Å². The van der Waals surface area contributed by atoms with E-state index < -0.39 is 0 Å². The highest BCUT2D eigenvalue weighted by Crippen LogP contribution is 2.30. The number of halogens is 2. The SMILES string of the molecule is CCC(C)(CNC)CNc1nc(-c2ccccc2Cl)cn2c(Br)cnc12. The topological polar surface area (TPSA) is 54.2 Å². The van der Waals surface area contributed by atoms with Crippen LogP contribution >= 0.6 is 27.5 Å². The van der Waals surface area contributed by atoms with Crippen molar-refractivity contribution in [2.45, 2.75) is 20.3 Å². The van der Waals surface area contributed by atoms with E-state index in [1.54, 1.807) is 6.20 Å². The maximum atomic E-state index is 6.38. The summed E-state index contributed by atoms with van der Waals surface area (Å²) >= 11 is 9.94. The van der Waals surface area contributed by atoms with Crippen molar-refractivity contribution in [2.24, 2.45) is 5.41 Å². The summed E-state index contributed by atoms with van der Waals surface area (Å²) in [5.41, 5.74) is 2.61. The van der Waals surface area contributed by atoms with Crippen LogP contribution in [0.1, 0.15) is 20.3 Å². The van der Waals surface area contributed by atoms with E-state index in [9.17, 15) is 0 Å². The van der Waals surface area contributed by atoms with Gasteiger partial charge in [0.2, 0.25) is 0 Å². The molecule has 0 saturated carbocycles. The monoisotopic (exact) mass is 435 g/mol. The summed E-state index contributed by atoms with van der Waals surface area (Å²) in [4.78, 5) is 9.31. The first kappa shape index (κ1) is 19.1. The highest BCUT2D eigenvalue weighted by atomic mass is 79.9. The number of benzene rings is 1. The minimum absolute atomic E-state index is 0.123. The molecule has 2 aromatic heterocycles. The van der Waals surface area contributed by atoms with Crippen LogP contribution in [0.3, 0.4) is 0 Å². The number of anilines is 1. The summed E-state index contributed by atoms with van der Waals surface area (Å²) in [7, 11) is 1.98.